The molecule has 96 valence electrons. The Morgan fingerprint density at radius 3 is 2.00 bits per heavy atom. The van der Waals surface area contributed by atoms with Gasteiger partial charge >= 0.3 is 15.6 Å². The van der Waals surface area contributed by atoms with E-state index < -0.39 is 22.2 Å². The van der Waals surface area contributed by atoms with Gasteiger partial charge in [-0.15, -0.1) is 0 Å². The Labute approximate surface area is 112 Å². The van der Waals surface area contributed by atoms with E-state index in [1.165, 1.54) is 12.1 Å². The molecule has 0 aliphatic rings. The summed E-state index contributed by atoms with van der Waals surface area (Å²) in [6.45, 7) is -0.681. The summed E-state index contributed by atoms with van der Waals surface area (Å²) >= 11 is 6.23. The van der Waals surface area contributed by atoms with Gasteiger partial charge in [-0.3, -0.25) is 4.18 Å². The van der Waals surface area contributed by atoms with Crippen molar-refractivity contribution in [3.63, 3.8) is 0 Å². The van der Waals surface area contributed by atoms with E-state index in [1.807, 2.05) is 0 Å². The van der Waals surface area contributed by atoms with Gasteiger partial charge in [0.2, 0.25) is 0 Å². The molecule has 0 fully saturated rings. The van der Waals surface area contributed by atoms with Crippen LogP contribution in [0.1, 0.15) is 5.56 Å². The molecule has 0 spiro atoms. The first-order valence-corrected chi connectivity index (χ1v) is 7.02. The standard InChI is InChI=1S/C8H5Br2F3O3S/c9-6-1-5(2-7(10)3-6)4-16-17(14,15)8(11,12)13/h1-3H,4H2. The Balaban J connectivity index is 2.81. The van der Waals surface area contributed by atoms with Crippen LogP contribution in [0.3, 0.4) is 0 Å². The molecule has 0 heterocycles. The molecule has 0 N–H and O–H groups in total. The van der Waals surface area contributed by atoms with E-state index in [-0.39, 0.29) is 0 Å². The zero-order chi connectivity index (χ0) is 13.3. The maximum atomic E-state index is 12.0. The Morgan fingerprint density at radius 2 is 1.59 bits per heavy atom. The van der Waals surface area contributed by atoms with Crippen molar-refractivity contribution in [2.45, 2.75) is 12.1 Å². The van der Waals surface area contributed by atoms with E-state index in [0.717, 1.165) is 0 Å². The van der Waals surface area contributed by atoms with Crippen LogP contribution in [0.15, 0.2) is 27.1 Å². The van der Waals surface area contributed by atoms with Crippen molar-refractivity contribution in [2.75, 3.05) is 0 Å². The van der Waals surface area contributed by atoms with Crippen molar-refractivity contribution in [3.8, 4) is 0 Å². The quantitative estimate of drug-likeness (QED) is 0.578. The van der Waals surface area contributed by atoms with Gasteiger partial charge in [-0.2, -0.15) is 21.6 Å². The van der Waals surface area contributed by atoms with Crippen LogP contribution in [0.2, 0.25) is 0 Å². The molecular weight excluding hydrogens is 393 g/mol. The second kappa shape index (κ2) is 5.25. The predicted molar refractivity (Wildman–Crippen MR) is 61.6 cm³/mol. The third-order valence-corrected chi connectivity index (χ3v) is 3.50. The van der Waals surface area contributed by atoms with Crippen LogP contribution in [-0.4, -0.2) is 13.9 Å². The highest BCUT2D eigenvalue weighted by atomic mass is 79.9. The molecule has 0 atom stereocenters. The highest BCUT2D eigenvalue weighted by Crippen LogP contribution is 2.26. The van der Waals surface area contributed by atoms with E-state index in [9.17, 15) is 21.6 Å². The molecule has 0 saturated carbocycles. The van der Waals surface area contributed by atoms with Gasteiger partial charge in [-0.05, 0) is 23.8 Å². The highest BCUT2D eigenvalue weighted by Gasteiger charge is 2.47. The first-order valence-electron chi connectivity index (χ1n) is 4.02. The zero-order valence-electron chi connectivity index (χ0n) is 7.96. The fraction of sp³-hybridized carbons (Fsp3) is 0.250. The third-order valence-electron chi connectivity index (χ3n) is 1.59. The molecule has 1 aromatic rings. The van der Waals surface area contributed by atoms with E-state index in [1.54, 1.807) is 6.07 Å². The molecule has 0 unspecified atom stereocenters. The average molecular weight is 398 g/mol. The van der Waals surface area contributed by atoms with Gasteiger partial charge in [0.15, 0.2) is 0 Å². The summed E-state index contributed by atoms with van der Waals surface area (Å²) in [7, 11) is -5.55. The van der Waals surface area contributed by atoms with E-state index in [4.69, 9.17) is 0 Å². The number of benzene rings is 1. The summed E-state index contributed by atoms with van der Waals surface area (Å²) in [6.07, 6.45) is 0. The Kier molecular flexibility index (Phi) is 4.61. The summed E-state index contributed by atoms with van der Waals surface area (Å²) < 4.78 is 62.2. The SMILES string of the molecule is O=S(=O)(OCc1cc(Br)cc(Br)c1)C(F)(F)F. The number of hydrogen-bond acceptors (Lipinski definition) is 3. The summed E-state index contributed by atoms with van der Waals surface area (Å²) in [4.78, 5) is 0. The average Bonchev–Trinajstić information content (AvgIpc) is 2.11. The molecule has 17 heavy (non-hydrogen) atoms. The Bertz CT molecular complexity index is 493. The topological polar surface area (TPSA) is 43.4 Å². The number of halogens is 5. The molecule has 3 nitrogen and oxygen atoms in total. The zero-order valence-corrected chi connectivity index (χ0v) is 12.0. The molecule has 1 aromatic carbocycles. The van der Waals surface area contributed by atoms with Crippen LogP contribution < -0.4 is 0 Å². The molecule has 0 bridgehead atoms. The van der Waals surface area contributed by atoms with Crippen LogP contribution in [0.5, 0.6) is 0 Å². The predicted octanol–water partition coefficient (Wildman–Crippen LogP) is 3.58. The molecular formula is C8H5Br2F3O3S. The normalized spacial score (nSPS) is 12.8. The number of alkyl halides is 3. The van der Waals surface area contributed by atoms with E-state index in [0.29, 0.717) is 14.5 Å². The van der Waals surface area contributed by atoms with Crippen LogP contribution in [0, 0.1) is 0 Å². The van der Waals surface area contributed by atoms with Gasteiger partial charge in [0.05, 0.1) is 6.61 Å². The monoisotopic (exact) mass is 396 g/mol. The fourth-order valence-electron chi connectivity index (χ4n) is 0.907. The first-order chi connectivity index (χ1) is 7.62. The molecule has 0 radical (unpaired) electrons. The van der Waals surface area contributed by atoms with Gasteiger partial charge in [-0.25, -0.2) is 0 Å². The van der Waals surface area contributed by atoms with Gasteiger partial charge < -0.3 is 0 Å². The van der Waals surface area contributed by atoms with Crippen molar-refractivity contribution in [2.24, 2.45) is 0 Å². The van der Waals surface area contributed by atoms with Crippen molar-refractivity contribution >= 4 is 42.0 Å². The molecule has 0 aliphatic carbocycles. The fourth-order valence-corrected chi connectivity index (χ4v) is 2.72. The van der Waals surface area contributed by atoms with Gasteiger partial charge in [0.1, 0.15) is 0 Å². The summed E-state index contributed by atoms with van der Waals surface area (Å²) in [5, 5.41) is 0. The molecule has 0 saturated heterocycles. The highest BCUT2D eigenvalue weighted by molar-refractivity contribution is 9.11. The second-order valence-corrected chi connectivity index (χ2v) is 6.38. The van der Waals surface area contributed by atoms with Crippen molar-refractivity contribution in [1.82, 2.24) is 0 Å². The minimum atomic E-state index is -5.55. The molecule has 9 heteroatoms. The Morgan fingerprint density at radius 1 is 1.12 bits per heavy atom. The second-order valence-electron chi connectivity index (χ2n) is 2.94. The van der Waals surface area contributed by atoms with E-state index >= 15 is 0 Å². The smallest absolute Gasteiger partial charge is 0.258 e. The van der Waals surface area contributed by atoms with Crippen LogP contribution in [0.4, 0.5) is 13.2 Å². The van der Waals surface area contributed by atoms with Crippen LogP contribution >= 0.6 is 31.9 Å². The minimum absolute atomic E-state index is 0.291. The molecule has 0 amide bonds. The molecule has 0 aromatic heterocycles. The van der Waals surface area contributed by atoms with Crippen LogP contribution in [-0.2, 0) is 20.9 Å². The lowest BCUT2D eigenvalue weighted by molar-refractivity contribution is -0.0547. The van der Waals surface area contributed by atoms with E-state index in [2.05, 4.69) is 36.0 Å². The number of hydrogen-bond donors (Lipinski definition) is 0. The maximum Gasteiger partial charge on any atom is 0.523 e. The summed E-state index contributed by atoms with van der Waals surface area (Å²) in [6, 6.07) is 4.56. The lowest BCUT2D eigenvalue weighted by Gasteiger charge is -2.08. The van der Waals surface area contributed by atoms with Crippen molar-refractivity contribution < 1.29 is 25.8 Å². The van der Waals surface area contributed by atoms with Crippen molar-refractivity contribution in [3.05, 3.63) is 32.7 Å². The largest absolute Gasteiger partial charge is 0.523 e. The third kappa shape index (κ3) is 4.23. The lowest BCUT2D eigenvalue weighted by atomic mass is 10.2. The van der Waals surface area contributed by atoms with Gasteiger partial charge in [0, 0.05) is 8.95 Å². The van der Waals surface area contributed by atoms with Crippen molar-refractivity contribution in [1.29, 1.82) is 0 Å². The minimum Gasteiger partial charge on any atom is -0.258 e. The first kappa shape index (κ1) is 14.9. The van der Waals surface area contributed by atoms with Gasteiger partial charge in [0.25, 0.3) is 0 Å². The van der Waals surface area contributed by atoms with Gasteiger partial charge in [-0.1, -0.05) is 31.9 Å². The summed E-state index contributed by atoms with van der Waals surface area (Å²) in [5.74, 6) is 0. The van der Waals surface area contributed by atoms with Crippen LogP contribution in [0.25, 0.3) is 0 Å². The lowest BCUT2D eigenvalue weighted by Crippen LogP contribution is -2.25. The molecule has 0 aliphatic heterocycles. The summed E-state index contributed by atoms with van der Waals surface area (Å²) in [5.41, 5.74) is -5.12. The molecule has 1 rings (SSSR count). The maximum absolute atomic E-state index is 12.0. The number of rotatable bonds is 3. The Hall–Kier alpha value is -0.120.